The molecule has 0 aliphatic heterocycles. The molecule has 1 unspecified atom stereocenters. The van der Waals surface area contributed by atoms with Gasteiger partial charge in [-0.05, 0) is 50.6 Å². The molecule has 0 aromatic rings. The number of nitrogens with one attached hydrogen (secondary N) is 1. The van der Waals surface area contributed by atoms with E-state index >= 15 is 0 Å². The van der Waals surface area contributed by atoms with Crippen molar-refractivity contribution in [3.05, 3.63) is 0 Å². The molecule has 2 nitrogen and oxygen atoms in total. The number of rotatable bonds is 4. The van der Waals surface area contributed by atoms with Gasteiger partial charge in [-0.1, -0.05) is 12.8 Å². The zero-order valence-electron chi connectivity index (χ0n) is 8.47. The second-order valence-corrected chi connectivity index (χ2v) is 4.72. The molecule has 2 bridgehead atoms. The Morgan fingerprint density at radius 2 is 1.92 bits per heavy atom. The molecular weight excluding hydrogens is 160 g/mol. The average Bonchev–Trinajstić information content (AvgIpc) is 2.20. The van der Waals surface area contributed by atoms with Gasteiger partial charge >= 0.3 is 0 Å². The molecule has 0 aromatic heterocycles. The maximum absolute atomic E-state index is 5.48. The summed E-state index contributed by atoms with van der Waals surface area (Å²) in [5.74, 6) is 2.03. The van der Waals surface area contributed by atoms with Crippen molar-refractivity contribution in [1.82, 2.24) is 5.32 Å². The minimum absolute atomic E-state index is 0.827. The smallest absolute Gasteiger partial charge is 0.00979 e. The second-order valence-electron chi connectivity index (χ2n) is 4.72. The predicted octanol–water partition coefficient (Wildman–Crippen LogP) is 1.50. The monoisotopic (exact) mass is 182 g/mol. The van der Waals surface area contributed by atoms with Crippen LogP contribution in [0.25, 0.3) is 0 Å². The quantitative estimate of drug-likeness (QED) is 0.647. The summed E-state index contributed by atoms with van der Waals surface area (Å²) in [7, 11) is 0. The summed E-state index contributed by atoms with van der Waals surface area (Å²) in [6.45, 7) is 1.96. The van der Waals surface area contributed by atoms with E-state index in [1.54, 1.807) is 0 Å². The third-order valence-electron chi connectivity index (χ3n) is 3.84. The molecule has 3 saturated carbocycles. The Hall–Kier alpha value is -0.0800. The number of fused-ring (bicyclic) bond motifs is 3. The van der Waals surface area contributed by atoms with Crippen molar-refractivity contribution in [3.8, 4) is 0 Å². The maximum Gasteiger partial charge on any atom is 0.00979 e. The molecule has 76 valence electrons. The third kappa shape index (κ3) is 2.23. The van der Waals surface area contributed by atoms with Crippen molar-refractivity contribution < 1.29 is 0 Å². The SMILES string of the molecule is NCCCNC1CC2CCC1CC2. The Labute approximate surface area is 81.3 Å². The van der Waals surface area contributed by atoms with Crippen LogP contribution in [0.2, 0.25) is 0 Å². The molecule has 13 heavy (non-hydrogen) atoms. The van der Waals surface area contributed by atoms with E-state index in [0.717, 1.165) is 37.4 Å². The van der Waals surface area contributed by atoms with Crippen LogP contribution in [0.4, 0.5) is 0 Å². The molecule has 2 heteroatoms. The molecule has 0 spiro atoms. The van der Waals surface area contributed by atoms with E-state index in [1.807, 2.05) is 0 Å². The zero-order valence-corrected chi connectivity index (χ0v) is 8.47. The molecular formula is C11H22N2. The Kier molecular flexibility index (Phi) is 3.23. The van der Waals surface area contributed by atoms with Crippen LogP contribution in [0.15, 0.2) is 0 Å². The van der Waals surface area contributed by atoms with E-state index in [2.05, 4.69) is 5.32 Å². The highest BCUT2D eigenvalue weighted by Crippen LogP contribution is 2.41. The molecule has 3 rings (SSSR count). The number of hydrogen-bond acceptors (Lipinski definition) is 2. The second kappa shape index (κ2) is 4.43. The van der Waals surface area contributed by atoms with Crippen molar-refractivity contribution in [2.75, 3.05) is 13.1 Å². The highest BCUT2D eigenvalue weighted by Gasteiger charge is 2.34. The fourth-order valence-corrected chi connectivity index (χ4v) is 3.02. The first kappa shape index (κ1) is 9.47. The molecule has 0 saturated heterocycles. The fraction of sp³-hybridized carbons (Fsp3) is 1.00. The minimum atomic E-state index is 0.827. The first-order valence-electron chi connectivity index (χ1n) is 5.83. The average molecular weight is 182 g/mol. The van der Waals surface area contributed by atoms with Crippen molar-refractivity contribution in [2.24, 2.45) is 17.6 Å². The maximum atomic E-state index is 5.48. The molecule has 3 fully saturated rings. The summed E-state index contributed by atoms with van der Waals surface area (Å²) in [6, 6.07) is 0.832. The lowest BCUT2D eigenvalue weighted by molar-refractivity contribution is 0.124. The Balaban J connectivity index is 1.74. The van der Waals surface area contributed by atoms with E-state index in [0.29, 0.717) is 0 Å². The topological polar surface area (TPSA) is 38.0 Å². The van der Waals surface area contributed by atoms with Crippen molar-refractivity contribution >= 4 is 0 Å². The fourth-order valence-electron chi connectivity index (χ4n) is 3.02. The molecule has 1 atom stereocenters. The van der Waals surface area contributed by atoms with Crippen LogP contribution >= 0.6 is 0 Å². The highest BCUT2D eigenvalue weighted by molar-refractivity contribution is 4.90. The van der Waals surface area contributed by atoms with Crippen LogP contribution in [0, 0.1) is 11.8 Å². The van der Waals surface area contributed by atoms with Crippen LogP contribution < -0.4 is 11.1 Å². The van der Waals surface area contributed by atoms with E-state index in [4.69, 9.17) is 5.73 Å². The lowest BCUT2D eigenvalue weighted by Gasteiger charge is -2.42. The number of hydrogen-bond donors (Lipinski definition) is 2. The summed E-state index contributed by atoms with van der Waals surface area (Å²) in [5.41, 5.74) is 5.48. The lowest BCUT2D eigenvalue weighted by Crippen LogP contribution is -2.45. The van der Waals surface area contributed by atoms with Crippen LogP contribution in [0.3, 0.4) is 0 Å². The molecule has 0 heterocycles. The van der Waals surface area contributed by atoms with Gasteiger partial charge in [0, 0.05) is 6.04 Å². The van der Waals surface area contributed by atoms with Crippen LogP contribution in [-0.4, -0.2) is 19.1 Å². The summed E-state index contributed by atoms with van der Waals surface area (Å²) in [5, 5.41) is 3.67. The highest BCUT2D eigenvalue weighted by atomic mass is 14.9. The normalized spacial score (nSPS) is 38.1. The van der Waals surface area contributed by atoms with Gasteiger partial charge in [0.25, 0.3) is 0 Å². The molecule has 0 radical (unpaired) electrons. The van der Waals surface area contributed by atoms with E-state index < -0.39 is 0 Å². The molecule has 3 aliphatic carbocycles. The summed E-state index contributed by atoms with van der Waals surface area (Å²) >= 11 is 0. The van der Waals surface area contributed by atoms with E-state index in [1.165, 1.54) is 32.1 Å². The molecule has 3 aliphatic rings. The first-order valence-corrected chi connectivity index (χ1v) is 5.83. The van der Waals surface area contributed by atoms with Crippen molar-refractivity contribution in [3.63, 3.8) is 0 Å². The van der Waals surface area contributed by atoms with Gasteiger partial charge in [-0.25, -0.2) is 0 Å². The van der Waals surface area contributed by atoms with Gasteiger partial charge in [0.15, 0.2) is 0 Å². The lowest BCUT2D eigenvalue weighted by atomic mass is 9.68. The molecule has 3 N–H and O–H groups in total. The van der Waals surface area contributed by atoms with Crippen LogP contribution in [0.5, 0.6) is 0 Å². The predicted molar refractivity (Wildman–Crippen MR) is 55.5 cm³/mol. The minimum Gasteiger partial charge on any atom is -0.330 e. The summed E-state index contributed by atoms with van der Waals surface area (Å²) in [6.07, 6.45) is 8.53. The van der Waals surface area contributed by atoms with Gasteiger partial charge in [0.2, 0.25) is 0 Å². The van der Waals surface area contributed by atoms with E-state index in [-0.39, 0.29) is 0 Å². The first-order chi connectivity index (χ1) is 6.40. The Morgan fingerprint density at radius 3 is 2.46 bits per heavy atom. The third-order valence-corrected chi connectivity index (χ3v) is 3.84. The van der Waals surface area contributed by atoms with Gasteiger partial charge < -0.3 is 11.1 Å². The molecule has 0 amide bonds. The van der Waals surface area contributed by atoms with Gasteiger partial charge in [-0.3, -0.25) is 0 Å². The van der Waals surface area contributed by atoms with Crippen molar-refractivity contribution in [2.45, 2.75) is 44.6 Å². The summed E-state index contributed by atoms with van der Waals surface area (Å²) in [4.78, 5) is 0. The van der Waals surface area contributed by atoms with Gasteiger partial charge in [-0.15, -0.1) is 0 Å². The standard InChI is InChI=1S/C11H22N2/c12-6-1-7-13-11-8-9-2-4-10(11)5-3-9/h9-11,13H,1-8,12H2. The molecule has 0 aromatic carbocycles. The number of nitrogens with two attached hydrogens (primary N) is 1. The largest absolute Gasteiger partial charge is 0.330 e. The Bertz CT molecular complexity index is 150. The van der Waals surface area contributed by atoms with Crippen LogP contribution in [0.1, 0.15) is 38.5 Å². The van der Waals surface area contributed by atoms with Crippen molar-refractivity contribution in [1.29, 1.82) is 0 Å². The summed E-state index contributed by atoms with van der Waals surface area (Å²) < 4.78 is 0. The van der Waals surface area contributed by atoms with Gasteiger partial charge in [-0.2, -0.15) is 0 Å². The zero-order chi connectivity index (χ0) is 9.10. The Morgan fingerprint density at radius 1 is 1.15 bits per heavy atom. The van der Waals surface area contributed by atoms with Gasteiger partial charge in [0.05, 0.1) is 0 Å². The van der Waals surface area contributed by atoms with Crippen LogP contribution in [-0.2, 0) is 0 Å². The van der Waals surface area contributed by atoms with Gasteiger partial charge in [0.1, 0.15) is 0 Å². The van der Waals surface area contributed by atoms with E-state index in [9.17, 15) is 0 Å².